The number of azide groups is 1. The lowest BCUT2D eigenvalue weighted by Gasteiger charge is -2.28. The van der Waals surface area contributed by atoms with Crippen LogP contribution in [0.4, 0.5) is 13.2 Å². The number of nitrogens with two attached hydrogens (primary N) is 1. The van der Waals surface area contributed by atoms with E-state index in [4.69, 9.17) is 11.3 Å². The first kappa shape index (κ1) is 16.8. The van der Waals surface area contributed by atoms with Gasteiger partial charge < -0.3 is 5.73 Å². The molecule has 1 aromatic rings. The predicted octanol–water partition coefficient (Wildman–Crippen LogP) is 2.31. The van der Waals surface area contributed by atoms with Crippen molar-refractivity contribution in [1.29, 1.82) is 0 Å². The summed E-state index contributed by atoms with van der Waals surface area (Å²) >= 11 is 0. The Hall–Kier alpha value is -2.25. The predicted molar refractivity (Wildman–Crippen MR) is 70.0 cm³/mol. The van der Waals surface area contributed by atoms with Gasteiger partial charge in [0.15, 0.2) is 0 Å². The van der Waals surface area contributed by atoms with Gasteiger partial charge in [-0.15, -0.1) is 0 Å². The molecule has 1 atom stereocenters. The molecule has 0 spiro atoms. The SMILES string of the molecule is CC(NCCN=[N+]=[N-])(C(N)=O)c1cccc(C(F)(F)F)c1. The largest absolute Gasteiger partial charge is 0.416 e. The van der Waals surface area contributed by atoms with Gasteiger partial charge in [-0.1, -0.05) is 17.2 Å². The highest BCUT2D eigenvalue weighted by atomic mass is 19.4. The van der Waals surface area contributed by atoms with E-state index in [0.717, 1.165) is 12.1 Å². The van der Waals surface area contributed by atoms with E-state index in [1.54, 1.807) is 0 Å². The van der Waals surface area contributed by atoms with Gasteiger partial charge in [0.25, 0.3) is 0 Å². The minimum atomic E-state index is -4.51. The quantitative estimate of drug-likeness (QED) is 0.364. The van der Waals surface area contributed by atoms with Gasteiger partial charge in [0, 0.05) is 18.0 Å². The van der Waals surface area contributed by atoms with Crippen molar-refractivity contribution < 1.29 is 18.0 Å². The van der Waals surface area contributed by atoms with Gasteiger partial charge in [-0.05, 0) is 30.2 Å². The molecule has 0 heterocycles. The zero-order chi connectivity index (χ0) is 16.1. The highest BCUT2D eigenvalue weighted by Gasteiger charge is 2.36. The van der Waals surface area contributed by atoms with E-state index in [9.17, 15) is 18.0 Å². The van der Waals surface area contributed by atoms with E-state index in [2.05, 4.69) is 15.3 Å². The van der Waals surface area contributed by atoms with Crippen LogP contribution in [0, 0.1) is 0 Å². The molecule has 1 rings (SSSR count). The number of benzene rings is 1. The normalized spacial score (nSPS) is 14.1. The Labute approximate surface area is 118 Å². The number of nitrogens with zero attached hydrogens (tertiary/aromatic N) is 3. The molecule has 6 nitrogen and oxygen atoms in total. The smallest absolute Gasteiger partial charge is 0.368 e. The second-order valence-corrected chi connectivity index (χ2v) is 4.45. The Balaban J connectivity index is 3.10. The molecule has 3 N–H and O–H groups in total. The molecule has 0 aliphatic carbocycles. The molecular formula is C12H14F3N5O. The maximum Gasteiger partial charge on any atom is 0.416 e. The molecule has 1 aromatic carbocycles. The third-order valence-electron chi connectivity index (χ3n) is 3.01. The number of hydrogen-bond acceptors (Lipinski definition) is 3. The van der Waals surface area contributed by atoms with Crippen molar-refractivity contribution in [2.75, 3.05) is 13.1 Å². The highest BCUT2D eigenvalue weighted by molar-refractivity contribution is 5.85. The van der Waals surface area contributed by atoms with Crippen molar-refractivity contribution in [3.05, 3.63) is 45.8 Å². The number of halogens is 3. The third kappa shape index (κ3) is 4.11. The van der Waals surface area contributed by atoms with Crippen molar-refractivity contribution in [3.63, 3.8) is 0 Å². The van der Waals surface area contributed by atoms with Crippen LogP contribution in [0.2, 0.25) is 0 Å². The van der Waals surface area contributed by atoms with Crippen molar-refractivity contribution in [3.8, 4) is 0 Å². The van der Waals surface area contributed by atoms with Gasteiger partial charge in [0.05, 0.1) is 5.56 Å². The molecule has 0 aromatic heterocycles. The van der Waals surface area contributed by atoms with Gasteiger partial charge in [-0.2, -0.15) is 13.2 Å². The molecule has 0 saturated carbocycles. The van der Waals surface area contributed by atoms with Crippen molar-refractivity contribution in [1.82, 2.24) is 5.32 Å². The van der Waals surface area contributed by atoms with E-state index in [-0.39, 0.29) is 18.7 Å². The molecule has 0 aliphatic heterocycles. The Kier molecular flexibility index (Phi) is 5.17. The molecule has 0 radical (unpaired) electrons. The molecule has 1 unspecified atom stereocenters. The van der Waals surface area contributed by atoms with E-state index in [0.29, 0.717) is 0 Å². The molecular weight excluding hydrogens is 287 g/mol. The molecule has 21 heavy (non-hydrogen) atoms. The Morgan fingerprint density at radius 3 is 2.57 bits per heavy atom. The summed E-state index contributed by atoms with van der Waals surface area (Å²) < 4.78 is 38.2. The Morgan fingerprint density at radius 1 is 1.43 bits per heavy atom. The zero-order valence-electron chi connectivity index (χ0n) is 11.2. The Morgan fingerprint density at radius 2 is 2.05 bits per heavy atom. The fourth-order valence-electron chi connectivity index (χ4n) is 1.74. The molecule has 114 valence electrons. The molecule has 9 heteroatoms. The van der Waals surface area contributed by atoms with Crippen LogP contribution in [0.3, 0.4) is 0 Å². The first-order valence-corrected chi connectivity index (χ1v) is 5.95. The van der Waals surface area contributed by atoms with Crippen molar-refractivity contribution >= 4 is 5.91 Å². The third-order valence-corrected chi connectivity index (χ3v) is 3.01. The first-order valence-electron chi connectivity index (χ1n) is 5.95. The second-order valence-electron chi connectivity index (χ2n) is 4.45. The van der Waals surface area contributed by atoms with Crippen LogP contribution in [0.25, 0.3) is 10.4 Å². The fraction of sp³-hybridized carbons (Fsp3) is 0.417. The molecule has 0 bridgehead atoms. The highest BCUT2D eigenvalue weighted by Crippen LogP contribution is 2.32. The Bertz CT molecular complexity index is 568. The number of rotatable bonds is 6. The van der Waals surface area contributed by atoms with Gasteiger partial charge in [-0.25, -0.2) is 0 Å². The van der Waals surface area contributed by atoms with Gasteiger partial charge >= 0.3 is 6.18 Å². The minimum absolute atomic E-state index is 0.0400. The van der Waals surface area contributed by atoms with E-state index in [1.165, 1.54) is 19.1 Å². The number of primary amides is 1. The van der Waals surface area contributed by atoms with Gasteiger partial charge in [0.2, 0.25) is 5.91 Å². The van der Waals surface area contributed by atoms with Crippen LogP contribution in [0.15, 0.2) is 29.4 Å². The van der Waals surface area contributed by atoms with Gasteiger partial charge in [-0.3, -0.25) is 10.1 Å². The van der Waals surface area contributed by atoms with Crippen LogP contribution in [-0.2, 0) is 16.5 Å². The zero-order valence-corrected chi connectivity index (χ0v) is 11.2. The summed E-state index contributed by atoms with van der Waals surface area (Å²) in [5.41, 5.74) is 11.2. The van der Waals surface area contributed by atoms with Crippen LogP contribution in [-0.4, -0.2) is 19.0 Å². The maximum atomic E-state index is 12.7. The van der Waals surface area contributed by atoms with E-state index in [1.807, 2.05) is 0 Å². The topological polar surface area (TPSA) is 104 Å². The number of alkyl halides is 3. The second kappa shape index (κ2) is 6.47. The molecule has 0 fully saturated rings. The summed E-state index contributed by atoms with van der Waals surface area (Å²) in [4.78, 5) is 14.2. The van der Waals surface area contributed by atoms with Crippen molar-refractivity contribution in [2.45, 2.75) is 18.6 Å². The van der Waals surface area contributed by atoms with Crippen LogP contribution in [0.1, 0.15) is 18.1 Å². The number of amides is 1. The maximum absolute atomic E-state index is 12.7. The lowest BCUT2D eigenvalue weighted by atomic mass is 9.90. The molecule has 1 amide bonds. The van der Waals surface area contributed by atoms with Crippen LogP contribution in [0.5, 0.6) is 0 Å². The van der Waals surface area contributed by atoms with Crippen LogP contribution < -0.4 is 11.1 Å². The number of hydrogen-bond donors (Lipinski definition) is 2. The monoisotopic (exact) mass is 301 g/mol. The van der Waals surface area contributed by atoms with Gasteiger partial charge in [0.1, 0.15) is 5.54 Å². The lowest BCUT2D eigenvalue weighted by Crippen LogP contribution is -2.51. The molecule has 0 saturated heterocycles. The van der Waals surface area contributed by atoms with Crippen LogP contribution >= 0.6 is 0 Å². The summed E-state index contributed by atoms with van der Waals surface area (Å²) in [6.45, 7) is 1.51. The number of carbonyl (C=O) groups is 1. The summed E-state index contributed by atoms with van der Waals surface area (Å²) in [5, 5.41) is 5.99. The number of carbonyl (C=O) groups excluding carboxylic acids is 1. The summed E-state index contributed by atoms with van der Waals surface area (Å²) in [5.74, 6) is -0.831. The average molecular weight is 301 g/mol. The average Bonchev–Trinajstić information content (AvgIpc) is 2.42. The minimum Gasteiger partial charge on any atom is -0.368 e. The van der Waals surface area contributed by atoms with E-state index >= 15 is 0 Å². The first-order chi connectivity index (χ1) is 9.71. The lowest BCUT2D eigenvalue weighted by molar-refractivity contribution is -0.138. The van der Waals surface area contributed by atoms with E-state index < -0.39 is 23.2 Å². The fourth-order valence-corrected chi connectivity index (χ4v) is 1.74. The van der Waals surface area contributed by atoms with Crippen molar-refractivity contribution in [2.24, 2.45) is 10.8 Å². The standard InChI is InChI=1S/C12H14F3N5O/c1-11(10(16)21,18-5-6-19-20-17)8-3-2-4-9(7-8)12(13,14)15/h2-4,7,18H,5-6H2,1H3,(H2,16,21). The number of nitrogens with one attached hydrogen (secondary N) is 1. The molecule has 0 aliphatic rings. The summed E-state index contributed by atoms with van der Waals surface area (Å²) in [6.07, 6.45) is -4.51. The summed E-state index contributed by atoms with van der Waals surface area (Å²) in [6, 6.07) is 4.35. The summed E-state index contributed by atoms with van der Waals surface area (Å²) in [7, 11) is 0.